The molecule has 6 atom stereocenters. The van der Waals surface area contributed by atoms with E-state index in [9.17, 15) is 18.6 Å². The molecule has 1 saturated carbocycles. The molecule has 34 heavy (non-hydrogen) atoms. The number of epoxide rings is 1. The highest BCUT2D eigenvalue weighted by Gasteiger charge is 2.66. The Morgan fingerprint density at radius 2 is 1.97 bits per heavy atom. The molecule has 0 radical (unpaired) electrons. The average Bonchev–Trinajstić information content (AvgIpc) is 3.43. The second kappa shape index (κ2) is 11.0. The van der Waals surface area contributed by atoms with E-state index in [1.165, 1.54) is 5.57 Å². The first-order chi connectivity index (χ1) is 15.9. The van der Waals surface area contributed by atoms with Crippen molar-refractivity contribution in [3.05, 3.63) is 47.0 Å². The molecule has 2 fully saturated rings. The van der Waals surface area contributed by atoms with Crippen molar-refractivity contribution < 1.29 is 32.3 Å². The lowest BCUT2D eigenvalue weighted by Crippen LogP contribution is -2.60. The number of aliphatic hydroxyl groups is 2. The number of rotatable bonds is 11. The predicted molar refractivity (Wildman–Crippen MR) is 134 cm³/mol. The van der Waals surface area contributed by atoms with Crippen LogP contribution in [0.25, 0.3) is 0 Å². The van der Waals surface area contributed by atoms with E-state index in [0.29, 0.717) is 24.3 Å². The summed E-state index contributed by atoms with van der Waals surface area (Å²) in [5.41, 5.74) is 1.33. The molecular formula is C25H38O7S2. The second-order valence-corrected chi connectivity index (χ2v) is 12.6. The van der Waals surface area contributed by atoms with Gasteiger partial charge in [0.2, 0.25) is 0 Å². The lowest BCUT2D eigenvalue weighted by Gasteiger charge is -2.48. The van der Waals surface area contributed by atoms with Crippen LogP contribution in [0.4, 0.5) is 0 Å². The van der Waals surface area contributed by atoms with Crippen LogP contribution in [0.1, 0.15) is 51.2 Å². The molecule has 1 aliphatic carbocycles. The largest absolute Gasteiger partial charge is 0.390 e. The molecular weight excluding hydrogens is 476 g/mol. The van der Waals surface area contributed by atoms with Crippen LogP contribution in [0, 0.1) is 5.92 Å². The van der Waals surface area contributed by atoms with E-state index in [4.69, 9.17) is 13.7 Å². The van der Waals surface area contributed by atoms with Crippen LogP contribution in [0.5, 0.6) is 0 Å². The van der Waals surface area contributed by atoms with Gasteiger partial charge in [0, 0.05) is 24.5 Å². The number of thioether (sulfide) groups is 1. The molecule has 1 heterocycles. The molecule has 192 valence electrons. The first-order valence-corrected chi connectivity index (χ1v) is 14.6. The van der Waals surface area contributed by atoms with Gasteiger partial charge in [0.1, 0.15) is 5.60 Å². The molecule has 0 amide bonds. The monoisotopic (exact) mass is 514 g/mol. The van der Waals surface area contributed by atoms with E-state index in [2.05, 4.69) is 6.08 Å². The van der Waals surface area contributed by atoms with Gasteiger partial charge in [-0.15, -0.1) is 0 Å². The quantitative estimate of drug-likeness (QED) is 0.263. The Morgan fingerprint density at radius 1 is 1.29 bits per heavy atom. The summed E-state index contributed by atoms with van der Waals surface area (Å²) >= 11 is 1.58. The summed E-state index contributed by atoms with van der Waals surface area (Å²) in [6.07, 6.45) is 3.66. The van der Waals surface area contributed by atoms with Gasteiger partial charge in [-0.1, -0.05) is 35.9 Å². The number of aliphatic hydroxyl groups excluding tert-OH is 1. The summed E-state index contributed by atoms with van der Waals surface area (Å²) in [5, 5.41) is 22.5. The van der Waals surface area contributed by atoms with Crippen LogP contribution in [-0.4, -0.2) is 67.3 Å². The maximum absolute atomic E-state index is 11.9. The molecule has 0 bridgehead atoms. The Hall–Kier alpha value is -0.940. The summed E-state index contributed by atoms with van der Waals surface area (Å²) in [5.74, 6) is 0.664. The SMILES string of the molecule is CO[C@@H]1[C@H](O)CC[C@](O)(CSCc2ccccc2COS(C)(=O)=O)[C@H]1[C@@]1(C)O[C@@H]1CC=C(C)C. The molecule has 3 rings (SSSR count). The molecule has 1 aromatic rings. The second-order valence-electron chi connectivity index (χ2n) is 9.92. The maximum atomic E-state index is 11.9. The molecule has 2 N–H and O–H groups in total. The van der Waals surface area contributed by atoms with Crippen LogP contribution in [0.3, 0.4) is 0 Å². The van der Waals surface area contributed by atoms with E-state index in [-0.39, 0.29) is 18.6 Å². The third-order valence-electron chi connectivity index (χ3n) is 6.92. The molecule has 0 unspecified atom stereocenters. The lowest BCUT2D eigenvalue weighted by atomic mass is 9.66. The highest BCUT2D eigenvalue weighted by atomic mass is 32.2. The highest BCUT2D eigenvalue weighted by molar-refractivity contribution is 7.98. The Balaban J connectivity index is 1.73. The zero-order valence-electron chi connectivity index (χ0n) is 20.7. The van der Waals surface area contributed by atoms with E-state index in [0.717, 1.165) is 23.8 Å². The molecule has 9 heteroatoms. The van der Waals surface area contributed by atoms with E-state index < -0.39 is 33.5 Å². The van der Waals surface area contributed by atoms with Crippen molar-refractivity contribution in [1.82, 2.24) is 0 Å². The number of allylic oxidation sites excluding steroid dienone is 1. The van der Waals surface area contributed by atoms with Crippen LogP contribution in [-0.2, 0) is 36.1 Å². The van der Waals surface area contributed by atoms with Gasteiger partial charge in [0.25, 0.3) is 10.1 Å². The number of ether oxygens (including phenoxy) is 2. The predicted octanol–water partition coefficient (Wildman–Crippen LogP) is 3.43. The van der Waals surface area contributed by atoms with Crippen molar-refractivity contribution in [2.45, 2.75) is 81.9 Å². The van der Waals surface area contributed by atoms with E-state index in [1.54, 1.807) is 18.9 Å². The minimum Gasteiger partial charge on any atom is -0.390 e. The van der Waals surface area contributed by atoms with E-state index >= 15 is 0 Å². The molecule has 1 aliphatic heterocycles. The topological polar surface area (TPSA) is 106 Å². The Morgan fingerprint density at radius 3 is 2.59 bits per heavy atom. The van der Waals surface area contributed by atoms with Crippen molar-refractivity contribution in [3.63, 3.8) is 0 Å². The zero-order valence-corrected chi connectivity index (χ0v) is 22.3. The van der Waals surface area contributed by atoms with Crippen molar-refractivity contribution in [2.24, 2.45) is 5.92 Å². The molecule has 2 aliphatic rings. The summed E-state index contributed by atoms with van der Waals surface area (Å²) in [6, 6.07) is 7.55. The fraction of sp³-hybridized carbons (Fsp3) is 0.680. The standard InChI is InChI=1S/C25H38O7S2/c1-17(2)10-11-21-24(3,32-21)23-22(30-4)20(26)12-13-25(23,27)16-33-15-19-9-7-6-8-18(19)14-31-34(5,28)29/h6-10,20-23,26-27H,11-16H2,1-5H3/t20-,21-,22-,23-,24+,25+/m1/s1. The van der Waals surface area contributed by atoms with Crippen molar-refractivity contribution in [2.75, 3.05) is 19.1 Å². The Kier molecular flexibility index (Phi) is 8.93. The third kappa shape index (κ3) is 6.63. The molecule has 0 aromatic heterocycles. The van der Waals surface area contributed by atoms with Gasteiger partial charge in [-0.3, -0.25) is 4.18 Å². The van der Waals surface area contributed by atoms with Gasteiger partial charge in [-0.25, -0.2) is 0 Å². The number of methoxy groups -OCH3 is 1. The summed E-state index contributed by atoms with van der Waals surface area (Å²) in [4.78, 5) is 0. The Labute approximate surface area is 208 Å². The normalized spacial score (nSPS) is 33.5. The first-order valence-electron chi connectivity index (χ1n) is 11.6. The number of hydrogen-bond acceptors (Lipinski definition) is 8. The molecule has 0 spiro atoms. The van der Waals surface area contributed by atoms with Crippen molar-refractivity contribution in [3.8, 4) is 0 Å². The fourth-order valence-electron chi connectivity index (χ4n) is 5.08. The average molecular weight is 515 g/mol. The maximum Gasteiger partial charge on any atom is 0.264 e. The minimum absolute atomic E-state index is 0.0155. The van der Waals surface area contributed by atoms with Gasteiger partial charge < -0.3 is 19.7 Å². The van der Waals surface area contributed by atoms with Crippen LogP contribution < -0.4 is 0 Å². The third-order valence-corrected chi connectivity index (χ3v) is 8.69. The minimum atomic E-state index is -3.54. The smallest absolute Gasteiger partial charge is 0.264 e. The van der Waals surface area contributed by atoms with Gasteiger partial charge in [-0.05, 0) is 51.2 Å². The van der Waals surface area contributed by atoms with Gasteiger partial charge in [0.15, 0.2) is 0 Å². The Bertz CT molecular complexity index is 975. The van der Waals surface area contributed by atoms with Crippen LogP contribution in [0.2, 0.25) is 0 Å². The van der Waals surface area contributed by atoms with Crippen LogP contribution >= 0.6 is 11.8 Å². The highest BCUT2D eigenvalue weighted by Crippen LogP contribution is 2.55. The molecule has 1 aromatic carbocycles. The summed E-state index contributed by atoms with van der Waals surface area (Å²) < 4.78 is 39.6. The van der Waals surface area contributed by atoms with Crippen molar-refractivity contribution in [1.29, 1.82) is 0 Å². The van der Waals surface area contributed by atoms with E-state index in [1.807, 2.05) is 45.0 Å². The first kappa shape index (κ1) is 27.6. The number of hydrogen-bond donors (Lipinski definition) is 2. The van der Waals surface area contributed by atoms with Gasteiger partial charge in [-0.2, -0.15) is 20.2 Å². The lowest BCUT2D eigenvalue weighted by molar-refractivity contribution is -0.169. The zero-order chi connectivity index (χ0) is 25.1. The van der Waals surface area contributed by atoms with Crippen LogP contribution in [0.15, 0.2) is 35.9 Å². The fourth-order valence-corrected chi connectivity index (χ4v) is 6.70. The summed E-state index contributed by atoms with van der Waals surface area (Å²) in [7, 11) is -1.96. The van der Waals surface area contributed by atoms with Crippen molar-refractivity contribution >= 4 is 21.9 Å². The summed E-state index contributed by atoms with van der Waals surface area (Å²) in [6.45, 7) is 6.10. The molecule has 1 saturated heterocycles. The van der Waals surface area contributed by atoms with Gasteiger partial charge in [0.05, 0.1) is 36.8 Å². The molecule has 7 nitrogen and oxygen atoms in total. The van der Waals surface area contributed by atoms with Gasteiger partial charge >= 0.3 is 0 Å². The number of benzene rings is 1.